The standard InChI is InChI=1S/C26H23NO5/c1-24(2)23(28)27(29-17-18-11-5-3-6-12-18)25(32-24)20-15-9-10-16-21(20)30-26(25)22(31-26)19-13-7-4-8-14-19/h3-16,22H,17H2,1-2H3/t22-,25+,26+/m1/s1. The molecule has 1 amide bonds. The van der Waals surface area contributed by atoms with Gasteiger partial charge in [-0.3, -0.25) is 9.63 Å². The molecule has 2 spiro atoms. The van der Waals surface area contributed by atoms with Gasteiger partial charge in [0, 0.05) is 0 Å². The Balaban J connectivity index is 1.47. The number of fused-ring (bicyclic) bond motifs is 3. The summed E-state index contributed by atoms with van der Waals surface area (Å²) in [7, 11) is 0. The molecule has 32 heavy (non-hydrogen) atoms. The number of amides is 1. The van der Waals surface area contributed by atoms with Gasteiger partial charge in [0.1, 0.15) is 18.0 Å². The second-order valence-electron chi connectivity index (χ2n) is 8.79. The van der Waals surface area contributed by atoms with Crippen molar-refractivity contribution in [3.05, 3.63) is 102 Å². The van der Waals surface area contributed by atoms with Gasteiger partial charge in [0.15, 0.2) is 6.10 Å². The number of ether oxygens (including phenoxy) is 3. The third-order valence-corrected chi connectivity index (χ3v) is 6.26. The molecule has 0 aliphatic carbocycles. The predicted molar refractivity (Wildman–Crippen MR) is 115 cm³/mol. The number of nitrogens with zero attached hydrogens (tertiary/aromatic N) is 1. The van der Waals surface area contributed by atoms with E-state index in [1.165, 1.54) is 5.06 Å². The molecule has 3 aromatic carbocycles. The Bertz CT molecular complexity index is 1180. The zero-order valence-electron chi connectivity index (χ0n) is 17.9. The monoisotopic (exact) mass is 429 g/mol. The molecule has 2 saturated heterocycles. The molecule has 6 rings (SSSR count). The maximum Gasteiger partial charge on any atom is 0.297 e. The van der Waals surface area contributed by atoms with Crippen molar-refractivity contribution in [2.45, 2.75) is 43.7 Å². The first-order valence-electron chi connectivity index (χ1n) is 10.7. The third-order valence-electron chi connectivity index (χ3n) is 6.26. The number of para-hydroxylation sites is 1. The fourth-order valence-electron chi connectivity index (χ4n) is 4.73. The SMILES string of the molecule is CC1(C)O[C@]2(c3ccccc3O[C@@]23O[C@@H]3c2ccccc2)N(OCc2ccccc2)C1=O. The fourth-order valence-corrected chi connectivity index (χ4v) is 4.73. The number of carbonyl (C=O) groups is 1. The molecule has 2 fully saturated rings. The molecule has 0 aromatic heterocycles. The number of carbonyl (C=O) groups excluding carboxylic acids is 1. The summed E-state index contributed by atoms with van der Waals surface area (Å²) < 4.78 is 19.3. The normalized spacial score (nSPS) is 29.4. The fraction of sp³-hybridized carbons (Fsp3) is 0.269. The van der Waals surface area contributed by atoms with Gasteiger partial charge in [0.2, 0.25) is 0 Å². The Morgan fingerprint density at radius 2 is 1.56 bits per heavy atom. The van der Waals surface area contributed by atoms with Crippen molar-refractivity contribution >= 4 is 5.91 Å². The second-order valence-corrected chi connectivity index (χ2v) is 8.79. The highest BCUT2D eigenvalue weighted by Gasteiger charge is 2.85. The molecular weight excluding hydrogens is 406 g/mol. The van der Waals surface area contributed by atoms with Crippen molar-refractivity contribution in [2.24, 2.45) is 0 Å². The minimum atomic E-state index is -1.38. The molecule has 6 heteroatoms. The number of benzene rings is 3. The van der Waals surface area contributed by atoms with E-state index < -0.39 is 23.2 Å². The van der Waals surface area contributed by atoms with E-state index in [4.69, 9.17) is 19.0 Å². The zero-order chi connectivity index (χ0) is 22.0. The summed E-state index contributed by atoms with van der Waals surface area (Å²) >= 11 is 0. The first kappa shape index (κ1) is 19.5. The maximum atomic E-state index is 13.5. The molecular formula is C26H23NO5. The number of epoxide rings is 1. The highest BCUT2D eigenvalue weighted by atomic mass is 16.8. The van der Waals surface area contributed by atoms with E-state index in [1.807, 2.05) is 84.9 Å². The van der Waals surface area contributed by atoms with Crippen LogP contribution >= 0.6 is 0 Å². The van der Waals surface area contributed by atoms with Crippen LogP contribution in [-0.2, 0) is 31.4 Å². The topological polar surface area (TPSA) is 60.5 Å². The van der Waals surface area contributed by atoms with Crippen LogP contribution in [0.3, 0.4) is 0 Å². The Kier molecular flexibility index (Phi) is 4.05. The minimum Gasteiger partial charge on any atom is -0.453 e. The smallest absolute Gasteiger partial charge is 0.297 e. The minimum absolute atomic E-state index is 0.210. The average Bonchev–Trinajstić information content (AvgIpc) is 3.42. The summed E-state index contributed by atoms with van der Waals surface area (Å²) in [6.07, 6.45) is -0.416. The second kappa shape index (κ2) is 6.65. The van der Waals surface area contributed by atoms with Gasteiger partial charge in [-0.05, 0) is 31.0 Å². The summed E-state index contributed by atoms with van der Waals surface area (Å²) in [5.41, 5.74) is 0.101. The van der Waals surface area contributed by atoms with Crippen LogP contribution < -0.4 is 4.74 Å². The zero-order valence-corrected chi connectivity index (χ0v) is 17.9. The van der Waals surface area contributed by atoms with Crippen LogP contribution in [-0.4, -0.2) is 22.4 Å². The quantitative estimate of drug-likeness (QED) is 0.573. The lowest BCUT2D eigenvalue weighted by molar-refractivity contribution is -0.312. The van der Waals surface area contributed by atoms with Crippen LogP contribution in [0.15, 0.2) is 84.9 Å². The van der Waals surface area contributed by atoms with Gasteiger partial charge < -0.3 is 14.2 Å². The van der Waals surface area contributed by atoms with Crippen LogP contribution in [0.4, 0.5) is 0 Å². The Morgan fingerprint density at radius 1 is 0.906 bits per heavy atom. The highest BCUT2D eigenvalue weighted by molar-refractivity contribution is 5.87. The molecule has 0 unspecified atom stereocenters. The molecule has 0 bridgehead atoms. The van der Waals surface area contributed by atoms with Crippen LogP contribution in [0.1, 0.15) is 36.6 Å². The lowest BCUT2D eigenvalue weighted by Gasteiger charge is -2.34. The number of rotatable bonds is 4. The molecule has 162 valence electrons. The summed E-state index contributed by atoms with van der Waals surface area (Å²) in [6.45, 7) is 3.71. The Labute approximate surface area is 186 Å². The van der Waals surface area contributed by atoms with Gasteiger partial charge >= 0.3 is 0 Å². The van der Waals surface area contributed by atoms with Crippen LogP contribution in [0, 0.1) is 0 Å². The largest absolute Gasteiger partial charge is 0.453 e. The van der Waals surface area contributed by atoms with Gasteiger partial charge in [-0.2, -0.15) is 5.06 Å². The maximum absolute atomic E-state index is 13.5. The molecule has 3 atom stereocenters. The van der Waals surface area contributed by atoms with Gasteiger partial charge in [0.05, 0.1) is 5.56 Å². The molecule has 0 radical (unpaired) electrons. The first-order valence-corrected chi connectivity index (χ1v) is 10.7. The molecule has 3 aliphatic heterocycles. The van der Waals surface area contributed by atoms with E-state index >= 15 is 0 Å². The van der Waals surface area contributed by atoms with Crippen LogP contribution in [0.2, 0.25) is 0 Å². The van der Waals surface area contributed by atoms with Crippen molar-refractivity contribution < 1.29 is 23.8 Å². The summed E-state index contributed by atoms with van der Waals surface area (Å²) in [6, 6.07) is 27.1. The number of hydroxylamine groups is 2. The molecule has 6 nitrogen and oxygen atoms in total. The van der Waals surface area contributed by atoms with Crippen molar-refractivity contribution in [1.82, 2.24) is 5.06 Å². The lowest BCUT2D eigenvalue weighted by Crippen LogP contribution is -2.53. The number of hydrogen-bond donors (Lipinski definition) is 0. The lowest BCUT2D eigenvalue weighted by atomic mass is 9.94. The third kappa shape index (κ3) is 2.54. The van der Waals surface area contributed by atoms with E-state index in [2.05, 4.69) is 0 Å². The Hall–Kier alpha value is -3.19. The van der Waals surface area contributed by atoms with Crippen LogP contribution in [0.5, 0.6) is 5.75 Å². The van der Waals surface area contributed by atoms with Crippen molar-refractivity contribution in [3.8, 4) is 5.75 Å². The van der Waals surface area contributed by atoms with Gasteiger partial charge in [-0.25, -0.2) is 0 Å². The van der Waals surface area contributed by atoms with Gasteiger partial charge in [0.25, 0.3) is 17.4 Å². The Morgan fingerprint density at radius 3 is 2.31 bits per heavy atom. The highest BCUT2D eigenvalue weighted by Crippen LogP contribution is 2.69. The van der Waals surface area contributed by atoms with Crippen molar-refractivity contribution in [3.63, 3.8) is 0 Å². The molecule has 0 N–H and O–H groups in total. The van der Waals surface area contributed by atoms with Crippen LogP contribution in [0.25, 0.3) is 0 Å². The predicted octanol–water partition coefficient (Wildman–Crippen LogP) is 4.47. The van der Waals surface area contributed by atoms with Gasteiger partial charge in [-0.1, -0.05) is 78.9 Å². The number of hydrogen-bond acceptors (Lipinski definition) is 5. The molecule has 3 heterocycles. The summed E-state index contributed by atoms with van der Waals surface area (Å²) in [4.78, 5) is 19.7. The average molecular weight is 429 g/mol. The van der Waals surface area contributed by atoms with Crippen molar-refractivity contribution in [2.75, 3.05) is 0 Å². The molecule has 3 aromatic rings. The van der Waals surface area contributed by atoms with E-state index in [1.54, 1.807) is 13.8 Å². The molecule has 0 saturated carbocycles. The first-order chi connectivity index (χ1) is 15.5. The molecule has 3 aliphatic rings. The van der Waals surface area contributed by atoms with E-state index in [-0.39, 0.29) is 12.5 Å². The van der Waals surface area contributed by atoms with Crippen molar-refractivity contribution in [1.29, 1.82) is 0 Å². The summed E-state index contributed by atoms with van der Waals surface area (Å²) in [5.74, 6) is -0.904. The van der Waals surface area contributed by atoms with E-state index in [9.17, 15) is 4.79 Å². The van der Waals surface area contributed by atoms with E-state index in [0.29, 0.717) is 11.3 Å². The summed E-state index contributed by atoms with van der Waals surface area (Å²) in [5, 5.41) is 1.34. The van der Waals surface area contributed by atoms with E-state index in [0.717, 1.165) is 11.1 Å². The van der Waals surface area contributed by atoms with Gasteiger partial charge in [-0.15, -0.1) is 0 Å².